The van der Waals surface area contributed by atoms with Gasteiger partial charge < -0.3 is 5.32 Å². The number of hydrogen-bond donors (Lipinski definition) is 1. The number of nitro groups is 1. The molecule has 0 radical (unpaired) electrons. The van der Waals surface area contributed by atoms with Crippen LogP contribution in [0.2, 0.25) is 0 Å². The van der Waals surface area contributed by atoms with Crippen molar-refractivity contribution in [3.8, 4) is 0 Å². The first-order valence-electron chi connectivity index (χ1n) is 5.73. The van der Waals surface area contributed by atoms with Gasteiger partial charge in [0.2, 0.25) is 5.82 Å². The van der Waals surface area contributed by atoms with E-state index in [4.69, 9.17) is 0 Å². The fourth-order valence-electron chi connectivity index (χ4n) is 1.59. The molecule has 0 bridgehead atoms. The molecule has 1 aromatic rings. The summed E-state index contributed by atoms with van der Waals surface area (Å²) in [6.07, 6.45) is 3.03. The molecule has 0 aliphatic rings. The van der Waals surface area contributed by atoms with Crippen molar-refractivity contribution in [3.05, 3.63) is 39.7 Å². The highest BCUT2D eigenvalue weighted by atomic mass is 32.2. The Morgan fingerprint density at radius 2 is 2.28 bits per heavy atom. The molecule has 1 aromatic carbocycles. The molecule has 0 amide bonds. The number of nitrogens with zero attached hydrogens (tertiary/aromatic N) is 1. The van der Waals surface area contributed by atoms with Crippen LogP contribution >= 0.6 is 11.8 Å². The van der Waals surface area contributed by atoms with Gasteiger partial charge in [-0.2, -0.15) is 16.2 Å². The highest BCUT2D eigenvalue weighted by Gasteiger charge is 2.14. The van der Waals surface area contributed by atoms with E-state index in [1.165, 1.54) is 12.1 Å². The van der Waals surface area contributed by atoms with Crippen LogP contribution in [0.5, 0.6) is 0 Å². The van der Waals surface area contributed by atoms with Crippen LogP contribution in [0, 0.1) is 15.9 Å². The summed E-state index contributed by atoms with van der Waals surface area (Å²) in [7, 11) is 0. The quantitative estimate of drug-likeness (QED) is 0.612. The van der Waals surface area contributed by atoms with Gasteiger partial charge in [0.1, 0.15) is 0 Å². The number of nitro benzene ring substituents is 1. The molecule has 1 unspecified atom stereocenters. The van der Waals surface area contributed by atoms with Crippen molar-refractivity contribution >= 4 is 17.4 Å². The monoisotopic (exact) mass is 272 g/mol. The molecular formula is C12H17FN2O2S. The Morgan fingerprint density at radius 3 is 2.78 bits per heavy atom. The van der Waals surface area contributed by atoms with Crippen molar-refractivity contribution < 1.29 is 9.31 Å². The van der Waals surface area contributed by atoms with E-state index >= 15 is 0 Å². The highest BCUT2D eigenvalue weighted by molar-refractivity contribution is 7.98. The Bertz CT molecular complexity index is 415. The summed E-state index contributed by atoms with van der Waals surface area (Å²) >= 11 is 1.75. The third-order valence-corrected chi connectivity index (χ3v) is 3.40. The van der Waals surface area contributed by atoms with E-state index in [9.17, 15) is 14.5 Å². The van der Waals surface area contributed by atoms with Crippen LogP contribution < -0.4 is 5.32 Å². The van der Waals surface area contributed by atoms with Crippen molar-refractivity contribution in [1.29, 1.82) is 0 Å². The van der Waals surface area contributed by atoms with Crippen LogP contribution in [0.1, 0.15) is 18.9 Å². The maximum atomic E-state index is 13.4. The predicted molar refractivity (Wildman–Crippen MR) is 72.4 cm³/mol. The molecule has 0 heterocycles. The van der Waals surface area contributed by atoms with Crippen molar-refractivity contribution in [1.82, 2.24) is 5.32 Å². The average Bonchev–Trinajstić information content (AvgIpc) is 2.34. The zero-order valence-electron chi connectivity index (χ0n) is 10.5. The number of nitrogens with one attached hydrogen (secondary N) is 1. The molecule has 0 saturated carbocycles. The molecule has 1 atom stereocenters. The maximum Gasteiger partial charge on any atom is 0.304 e. The maximum absolute atomic E-state index is 13.4. The summed E-state index contributed by atoms with van der Waals surface area (Å²) in [5.41, 5.74) is 0.243. The zero-order chi connectivity index (χ0) is 13.5. The molecule has 0 spiro atoms. The summed E-state index contributed by atoms with van der Waals surface area (Å²) in [4.78, 5) is 9.76. The largest absolute Gasteiger partial charge is 0.309 e. The van der Waals surface area contributed by atoms with E-state index in [-0.39, 0.29) is 0 Å². The van der Waals surface area contributed by atoms with Crippen LogP contribution in [0.4, 0.5) is 10.1 Å². The SMILES string of the molecule is CCC(CSC)NCc1ccc([N+](=O)[O-])c(F)c1. The lowest BCUT2D eigenvalue weighted by molar-refractivity contribution is -0.387. The van der Waals surface area contributed by atoms with E-state index in [0.29, 0.717) is 12.6 Å². The molecule has 18 heavy (non-hydrogen) atoms. The van der Waals surface area contributed by atoms with Gasteiger partial charge in [0.25, 0.3) is 0 Å². The summed E-state index contributed by atoms with van der Waals surface area (Å²) in [5.74, 6) is 0.212. The van der Waals surface area contributed by atoms with E-state index < -0.39 is 16.4 Å². The van der Waals surface area contributed by atoms with Crippen LogP contribution in [-0.2, 0) is 6.54 Å². The van der Waals surface area contributed by atoms with Crippen molar-refractivity contribution in [2.24, 2.45) is 0 Å². The molecular weight excluding hydrogens is 255 g/mol. The van der Waals surface area contributed by atoms with Gasteiger partial charge in [-0.05, 0) is 24.3 Å². The lowest BCUT2D eigenvalue weighted by Crippen LogP contribution is -2.30. The number of halogens is 1. The van der Waals surface area contributed by atoms with Gasteiger partial charge >= 0.3 is 5.69 Å². The Morgan fingerprint density at radius 1 is 1.56 bits per heavy atom. The number of hydrogen-bond acceptors (Lipinski definition) is 4. The van der Waals surface area contributed by atoms with Crippen molar-refractivity contribution in [3.63, 3.8) is 0 Å². The predicted octanol–water partition coefficient (Wildman–Crippen LogP) is 2.97. The molecule has 1 rings (SSSR count). The minimum absolute atomic E-state index is 0.373. The van der Waals surface area contributed by atoms with E-state index in [1.54, 1.807) is 17.8 Å². The molecule has 0 aromatic heterocycles. The second-order valence-electron chi connectivity index (χ2n) is 3.98. The van der Waals surface area contributed by atoms with Gasteiger partial charge in [0, 0.05) is 24.4 Å². The lowest BCUT2D eigenvalue weighted by Gasteiger charge is -2.15. The molecule has 6 heteroatoms. The fourth-order valence-corrected chi connectivity index (χ4v) is 2.35. The Hall–Kier alpha value is -1.14. The van der Waals surface area contributed by atoms with Gasteiger partial charge in [0.05, 0.1) is 4.92 Å². The Labute approximate surface area is 110 Å². The molecule has 1 N–H and O–H groups in total. The van der Waals surface area contributed by atoms with Crippen molar-refractivity contribution in [2.75, 3.05) is 12.0 Å². The zero-order valence-corrected chi connectivity index (χ0v) is 11.3. The molecule has 4 nitrogen and oxygen atoms in total. The minimum atomic E-state index is -0.780. The summed E-state index contributed by atoms with van der Waals surface area (Å²) in [5, 5.41) is 13.8. The van der Waals surface area contributed by atoms with E-state index in [2.05, 4.69) is 12.2 Å². The number of thioether (sulfide) groups is 1. The topological polar surface area (TPSA) is 55.2 Å². The fraction of sp³-hybridized carbons (Fsp3) is 0.500. The summed E-state index contributed by atoms with van der Waals surface area (Å²) < 4.78 is 13.4. The normalized spacial score (nSPS) is 12.4. The van der Waals surface area contributed by atoms with Crippen LogP contribution in [0.25, 0.3) is 0 Å². The second-order valence-corrected chi connectivity index (χ2v) is 4.89. The average molecular weight is 272 g/mol. The van der Waals surface area contributed by atoms with Crippen LogP contribution in [0.3, 0.4) is 0 Å². The molecule has 0 saturated heterocycles. The van der Waals surface area contributed by atoms with Crippen molar-refractivity contribution in [2.45, 2.75) is 25.9 Å². The first-order chi connectivity index (χ1) is 8.58. The summed E-state index contributed by atoms with van der Waals surface area (Å²) in [6, 6.07) is 4.39. The van der Waals surface area contributed by atoms with Gasteiger partial charge in [0.15, 0.2) is 0 Å². The summed E-state index contributed by atoms with van der Waals surface area (Å²) in [6.45, 7) is 2.61. The first-order valence-corrected chi connectivity index (χ1v) is 7.13. The van der Waals surface area contributed by atoms with Gasteiger partial charge in [-0.1, -0.05) is 13.0 Å². The minimum Gasteiger partial charge on any atom is -0.309 e. The van der Waals surface area contributed by atoms with Crippen LogP contribution in [-0.4, -0.2) is 23.0 Å². The van der Waals surface area contributed by atoms with Gasteiger partial charge in [-0.25, -0.2) is 0 Å². The third kappa shape index (κ3) is 4.27. The van der Waals surface area contributed by atoms with Gasteiger partial charge in [-0.15, -0.1) is 0 Å². The van der Waals surface area contributed by atoms with Gasteiger partial charge in [-0.3, -0.25) is 10.1 Å². The van der Waals surface area contributed by atoms with E-state index in [0.717, 1.165) is 17.7 Å². The number of rotatable bonds is 7. The first kappa shape index (κ1) is 14.9. The Kier molecular flexibility index (Phi) is 6.07. The smallest absolute Gasteiger partial charge is 0.304 e. The molecule has 0 fully saturated rings. The van der Waals surface area contributed by atoms with E-state index in [1.807, 2.05) is 6.26 Å². The van der Waals surface area contributed by atoms with Crippen LogP contribution in [0.15, 0.2) is 18.2 Å². The highest BCUT2D eigenvalue weighted by Crippen LogP contribution is 2.18. The third-order valence-electron chi connectivity index (χ3n) is 2.66. The lowest BCUT2D eigenvalue weighted by atomic mass is 10.1. The molecule has 100 valence electrons. The standard InChI is InChI=1S/C12H17FN2O2S/c1-3-10(8-18-2)14-7-9-4-5-12(15(16)17)11(13)6-9/h4-6,10,14H,3,7-8H2,1-2H3. The number of benzene rings is 1. The Balaban J connectivity index is 2.63. The molecule has 0 aliphatic carbocycles. The molecule has 0 aliphatic heterocycles. The second kappa shape index (κ2) is 7.33.